The molecular formula is C15H21N3S. The predicted octanol–water partition coefficient (Wildman–Crippen LogP) is 3.75. The van der Waals surface area contributed by atoms with E-state index in [0.29, 0.717) is 6.04 Å². The lowest BCUT2D eigenvalue weighted by Crippen LogP contribution is -2.17. The van der Waals surface area contributed by atoms with E-state index in [0.717, 1.165) is 29.4 Å². The molecule has 1 atom stereocenters. The van der Waals surface area contributed by atoms with Crippen LogP contribution in [0.4, 0.5) is 0 Å². The minimum atomic E-state index is 0.352. The van der Waals surface area contributed by atoms with Gasteiger partial charge in [0, 0.05) is 17.1 Å². The molecule has 19 heavy (non-hydrogen) atoms. The smallest absolute Gasteiger partial charge is 0.142 e. The molecule has 0 fully saturated rings. The van der Waals surface area contributed by atoms with Crippen molar-refractivity contribution in [3.63, 3.8) is 0 Å². The zero-order valence-electron chi connectivity index (χ0n) is 12.0. The van der Waals surface area contributed by atoms with Gasteiger partial charge in [0.15, 0.2) is 0 Å². The van der Waals surface area contributed by atoms with Gasteiger partial charge in [-0.3, -0.25) is 4.98 Å². The second-order valence-electron chi connectivity index (χ2n) is 4.61. The van der Waals surface area contributed by atoms with Crippen LogP contribution in [0.2, 0.25) is 0 Å². The molecule has 0 radical (unpaired) electrons. The summed E-state index contributed by atoms with van der Waals surface area (Å²) in [6.07, 6.45) is 2.83. The van der Waals surface area contributed by atoms with Crippen molar-refractivity contribution in [2.45, 2.75) is 40.2 Å². The highest BCUT2D eigenvalue weighted by Gasteiger charge is 2.16. The number of nitrogens with one attached hydrogen (secondary N) is 1. The van der Waals surface area contributed by atoms with Crippen LogP contribution >= 0.6 is 11.3 Å². The van der Waals surface area contributed by atoms with Crippen molar-refractivity contribution in [2.24, 2.45) is 0 Å². The Morgan fingerprint density at radius 2 is 2.16 bits per heavy atom. The Balaban J connectivity index is 2.39. The molecule has 2 heterocycles. The van der Waals surface area contributed by atoms with Gasteiger partial charge in [-0.1, -0.05) is 19.9 Å². The van der Waals surface area contributed by atoms with Gasteiger partial charge >= 0.3 is 0 Å². The summed E-state index contributed by atoms with van der Waals surface area (Å²) >= 11 is 1.75. The first-order valence-electron chi connectivity index (χ1n) is 6.82. The van der Waals surface area contributed by atoms with E-state index in [1.165, 1.54) is 10.4 Å². The molecule has 1 unspecified atom stereocenters. The number of hydrogen-bond donors (Lipinski definition) is 1. The van der Waals surface area contributed by atoms with Crippen molar-refractivity contribution in [1.82, 2.24) is 15.3 Å². The maximum Gasteiger partial charge on any atom is 0.142 e. The van der Waals surface area contributed by atoms with Gasteiger partial charge in [0.05, 0.1) is 5.69 Å². The molecule has 0 bridgehead atoms. The quantitative estimate of drug-likeness (QED) is 0.903. The SMILES string of the molecule is CCNC(C)c1sc(-c2ncccc2CC)nc1C. The zero-order chi connectivity index (χ0) is 13.8. The Hall–Kier alpha value is -1.26. The Bertz CT molecular complexity index is 548. The van der Waals surface area contributed by atoms with Gasteiger partial charge in [-0.05, 0) is 38.4 Å². The zero-order valence-corrected chi connectivity index (χ0v) is 12.8. The first-order valence-corrected chi connectivity index (χ1v) is 7.64. The summed E-state index contributed by atoms with van der Waals surface area (Å²) in [5.74, 6) is 0. The summed E-state index contributed by atoms with van der Waals surface area (Å²) in [7, 11) is 0. The third kappa shape index (κ3) is 3.01. The maximum atomic E-state index is 4.71. The van der Waals surface area contributed by atoms with Crippen molar-refractivity contribution in [3.05, 3.63) is 34.5 Å². The summed E-state index contributed by atoms with van der Waals surface area (Å²) in [6.45, 7) is 9.52. The van der Waals surface area contributed by atoms with E-state index in [1.807, 2.05) is 12.3 Å². The fourth-order valence-electron chi connectivity index (χ4n) is 2.23. The van der Waals surface area contributed by atoms with Gasteiger partial charge in [-0.2, -0.15) is 0 Å². The van der Waals surface area contributed by atoms with E-state index in [2.05, 4.69) is 44.1 Å². The molecule has 0 aliphatic rings. The second-order valence-corrected chi connectivity index (χ2v) is 5.64. The number of aromatic nitrogens is 2. The lowest BCUT2D eigenvalue weighted by molar-refractivity contribution is 0.603. The largest absolute Gasteiger partial charge is 0.310 e. The van der Waals surface area contributed by atoms with E-state index in [1.54, 1.807) is 11.3 Å². The second kappa shape index (κ2) is 6.26. The van der Waals surface area contributed by atoms with Crippen molar-refractivity contribution >= 4 is 11.3 Å². The van der Waals surface area contributed by atoms with E-state index in [4.69, 9.17) is 4.98 Å². The molecule has 4 heteroatoms. The summed E-state index contributed by atoms with van der Waals surface area (Å²) in [5, 5.41) is 4.48. The Labute approximate surface area is 119 Å². The first-order chi connectivity index (χ1) is 9.17. The lowest BCUT2D eigenvalue weighted by Gasteiger charge is -2.10. The molecule has 0 spiro atoms. The Kier molecular flexibility index (Phi) is 4.66. The number of pyridine rings is 1. The van der Waals surface area contributed by atoms with Crippen LogP contribution < -0.4 is 5.32 Å². The molecule has 0 saturated heterocycles. The summed E-state index contributed by atoms with van der Waals surface area (Å²) in [5.41, 5.74) is 3.41. The normalized spacial score (nSPS) is 12.6. The van der Waals surface area contributed by atoms with E-state index in [9.17, 15) is 0 Å². The number of rotatable bonds is 5. The van der Waals surface area contributed by atoms with Crippen LogP contribution in [0.1, 0.15) is 42.9 Å². The fourth-order valence-corrected chi connectivity index (χ4v) is 3.35. The molecule has 102 valence electrons. The average molecular weight is 275 g/mol. The third-order valence-electron chi connectivity index (χ3n) is 3.21. The van der Waals surface area contributed by atoms with Gasteiger partial charge in [-0.25, -0.2) is 4.98 Å². The van der Waals surface area contributed by atoms with E-state index < -0.39 is 0 Å². The number of nitrogens with zero attached hydrogens (tertiary/aromatic N) is 2. The first kappa shape index (κ1) is 14.2. The van der Waals surface area contributed by atoms with Gasteiger partial charge in [-0.15, -0.1) is 11.3 Å². The number of aryl methyl sites for hydroxylation is 2. The monoisotopic (exact) mass is 275 g/mol. The fraction of sp³-hybridized carbons (Fsp3) is 0.467. The van der Waals surface area contributed by atoms with Crippen LogP contribution in [0, 0.1) is 6.92 Å². The van der Waals surface area contributed by atoms with Crippen LogP contribution in [-0.2, 0) is 6.42 Å². The van der Waals surface area contributed by atoms with Gasteiger partial charge < -0.3 is 5.32 Å². The van der Waals surface area contributed by atoms with Gasteiger partial charge in [0.1, 0.15) is 10.7 Å². The Morgan fingerprint density at radius 3 is 2.84 bits per heavy atom. The molecule has 0 aromatic carbocycles. The molecular weight excluding hydrogens is 254 g/mol. The topological polar surface area (TPSA) is 37.8 Å². The highest BCUT2D eigenvalue weighted by Crippen LogP contribution is 2.32. The summed E-state index contributed by atoms with van der Waals surface area (Å²) in [6, 6.07) is 4.47. The minimum absolute atomic E-state index is 0.352. The molecule has 2 aromatic rings. The highest BCUT2D eigenvalue weighted by molar-refractivity contribution is 7.15. The molecule has 3 nitrogen and oxygen atoms in total. The van der Waals surface area contributed by atoms with E-state index >= 15 is 0 Å². The predicted molar refractivity (Wildman–Crippen MR) is 81.6 cm³/mol. The average Bonchev–Trinajstić information content (AvgIpc) is 2.81. The van der Waals surface area contributed by atoms with Crippen molar-refractivity contribution in [1.29, 1.82) is 0 Å². The number of hydrogen-bond acceptors (Lipinski definition) is 4. The molecule has 1 N–H and O–H groups in total. The molecule has 0 aliphatic carbocycles. The van der Waals surface area contributed by atoms with Crippen molar-refractivity contribution < 1.29 is 0 Å². The van der Waals surface area contributed by atoms with Crippen LogP contribution in [0.25, 0.3) is 10.7 Å². The van der Waals surface area contributed by atoms with Crippen molar-refractivity contribution in [3.8, 4) is 10.7 Å². The lowest BCUT2D eigenvalue weighted by atomic mass is 10.1. The maximum absolute atomic E-state index is 4.71. The van der Waals surface area contributed by atoms with Gasteiger partial charge in [0.2, 0.25) is 0 Å². The van der Waals surface area contributed by atoms with Crippen LogP contribution in [-0.4, -0.2) is 16.5 Å². The number of thiazole rings is 1. The summed E-state index contributed by atoms with van der Waals surface area (Å²) < 4.78 is 0. The van der Waals surface area contributed by atoms with Crippen molar-refractivity contribution in [2.75, 3.05) is 6.54 Å². The molecule has 0 aliphatic heterocycles. The highest BCUT2D eigenvalue weighted by atomic mass is 32.1. The summed E-state index contributed by atoms with van der Waals surface area (Å²) in [4.78, 5) is 10.5. The van der Waals surface area contributed by atoms with Crippen LogP contribution in [0.5, 0.6) is 0 Å². The molecule has 0 saturated carbocycles. The van der Waals surface area contributed by atoms with Gasteiger partial charge in [0.25, 0.3) is 0 Å². The molecule has 2 aromatic heterocycles. The van der Waals surface area contributed by atoms with Crippen LogP contribution in [0.3, 0.4) is 0 Å². The molecule has 2 rings (SSSR count). The minimum Gasteiger partial charge on any atom is -0.310 e. The molecule has 0 amide bonds. The van der Waals surface area contributed by atoms with Crippen LogP contribution in [0.15, 0.2) is 18.3 Å². The Morgan fingerprint density at radius 1 is 1.37 bits per heavy atom. The van der Waals surface area contributed by atoms with E-state index in [-0.39, 0.29) is 0 Å². The standard InChI is InChI=1S/C15H21N3S/c1-5-12-8-7-9-17-13(12)15-18-11(4)14(19-15)10(3)16-6-2/h7-10,16H,5-6H2,1-4H3. The third-order valence-corrected chi connectivity index (χ3v) is 4.56.